The minimum atomic E-state index is -3.45. The first-order valence-corrected chi connectivity index (χ1v) is 11.9. The van der Waals surface area contributed by atoms with Crippen molar-refractivity contribution in [2.75, 3.05) is 25.4 Å². The highest BCUT2D eigenvalue weighted by Crippen LogP contribution is 2.18. The number of aromatic nitrogens is 3. The Hall–Kier alpha value is -1.81. The van der Waals surface area contributed by atoms with Gasteiger partial charge in [0.05, 0.1) is 18.3 Å². The van der Waals surface area contributed by atoms with Gasteiger partial charge in [-0.15, -0.1) is 0 Å². The molecule has 2 aromatic rings. The molecule has 29 heavy (non-hydrogen) atoms. The Bertz CT molecular complexity index is 834. The molecule has 3 N–H and O–H groups in total. The Kier molecular flexibility index (Phi) is 9.22. The zero-order valence-electron chi connectivity index (χ0n) is 17.7. The van der Waals surface area contributed by atoms with Crippen molar-refractivity contribution >= 4 is 10.0 Å². The SMILES string of the molecule is CCN(CC)CCCS(=O)(=O)N[C@H](CCc1ccccc1)c1nc(CN)n(C)n1. The van der Waals surface area contributed by atoms with Gasteiger partial charge in [0.1, 0.15) is 5.82 Å². The molecule has 0 aliphatic rings. The number of aryl methyl sites for hydroxylation is 2. The molecular weight excluding hydrogens is 388 g/mol. The van der Waals surface area contributed by atoms with Crippen LogP contribution >= 0.6 is 0 Å². The molecule has 1 aromatic heterocycles. The van der Waals surface area contributed by atoms with Crippen molar-refractivity contribution in [2.45, 2.75) is 45.7 Å². The predicted molar refractivity (Wildman–Crippen MR) is 116 cm³/mol. The summed E-state index contributed by atoms with van der Waals surface area (Å²) in [7, 11) is -1.68. The fourth-order valence-electron chi connectivity index (χ4n) is 3.25. The van der Waals surface area contributed by atoms with Crippen molar-refractivity contribution in [1.82, 2.24) is 24.4 Å². The van der Waals surface area contributed by atoms with Gasteiger partial charge in [0.25, 0.3) is 0 Å². The summed E-state index contributed by atoms with van der Waals surface area (Å²) >= 11 is 0. The molecule has 2 rings (SSSR count). The van der Waals surface area contributed by atoms with E-state index in [-0.39, 0.29) is 12.3 Å². The molecule has 0 radical (unpaired) electrons. The standard InChI is InChI=1S/C20H34N6O2S/c1-4-26(5-2)14-9-15-29(27,28)24-18(13-12-17-10-7-6-8-11-17)20-22-19(16-21)25(3)23-20/h6-8,10-11,18,24H,4-5,9,12-16,21H2,1-3H3/t18-/m1/s1. The van der Waals surface area contributed by atoms with Crippen LogP contribution in [0.5, 0.6) is 0 Å². The van der Waals surface area contributed by atoms with Gasteiger partial charge in [-0.3, -0.25) is 4.68 Å². The Morgan fingerprint density at radius 1 is 1.21 bits per heavy atom. The second-order valence-electron chi connectivity index (χ2n) is 7.11. The van der Waals surface area contributed by atoms with Crippen LogP contribution in [0.25, 0.3) is 0 Å². The second kappa shape index (κ2) is 11.4. The number of nitrogens with zero attached hydrogens (tertiary/aromatic N) is 4. The normalized spacial score (nSPS) is 13.1. The fourth-order valence-corrected chi connectivity index (χ4v) is 4.54. The number of nitrogens with one attached hydrogen (secondary N) is 1. The van der Waals surface area contributed by atoms with Crippen LogP contribution in [-0.2, 0) is 30.0 Å². The molecular formula is C20H34N6O2S. The maximum absolute atomic E-state index is 12.7. The molecule has 0 fully saturated rings. The number of sulfonamides is 1. The third kappa shape index (κ3) is 7.50. The van der Waals surface area contributed by atoms with Crippen LogP contribution in [0.4, 0.5) is 0 Å². The van der Waals surface area contributed by atoms with Gasteiger partial charge in [0.2, 0.25) is 10.0 Å². The van der Waals surface area contributed by atoms with Crippen LogP contribution in [-0.4, -0.2) is 53.5 Å². The average Bonchev–Trinajstić information content (AvgIpc) is 3.10. The highest BCUT2D eigenvalue weighted by Gasteiger charge is 2.24. The lowest BCUT2D eigenvalue weighted by Crippen LogP contribution is -2.33. The van der Waals surface area contributed by atoms with Crippen LogP contribution in [0.3, 0.4) is 0 Å². The van der Waals surface area contributed by atoms with Crippen molar-refractivity contribution in [3.05, 3.63) is 47.5 Å². The molecule has 0 amide bonds. The van der Waals surface area contributed by atoms with Gasteiger partial charge in [0, 0.05) is 7.05 Å². The Morgan fingerprint density at radius 3 is 2.48 bits per heavy atom. The van der Waals surface area contributed by atoms with Gasteiger partial charge < -0.3 is 10.6 Å². The van der Waals surface area contributed by atoms with Gasteiger partial charge in [0.15, 0.2) is 5.82 Å². The summed E-state index contributed by atoms with van der Waals surface area (Å²) in [5, 5.41) is 4.40. The minimum Gasteiger partial charge on any atom is -0.324 e. The van der Waals surface area contributed by atoms with Crippen molar-refractivity contribution in [2.24, 2.45) is 12.8 Å². The lowest BCUT2D eigenvalue weighted by atomic mass is 10.1. The van der Waals surface area contributed by atoms with E-state index in [4.69, 9.17) is 5.73 Å². The van der Waals surface area contributed by atoms with E-state index in [9.17, 15) is 8.42 Å². The highest BCUT2D eigenvalue weighted by atomic mass is 32.2. The average molecular weight is 423 g/mol. The molecule has 162 valence electrons. The van der Waals surface area contributed by atoms with Crippen molar-refractivity contribution in [1.29, 1.82) is 0 Å². The first-order chi connectivity index (χ1) is 13.9. The molecule has 0 aliphatic heterocycles. The maximum Gasteiger partial charge on any atom is 0.212 e. The quantitative estimate of drug-likeness (QED) is 0.508. The van der Waals surface area contributed by atoms with E-state index in [1.54, 1.807) is 11.7 Å². The molecule has 0 saturated heterocycles. The summed E-state index contributed by atoms with van der Waals surface area (Å²) in [4.78, 5) is 6.67. The van der Waals surface area contributed by atoms with Crippen molar-refractivity contribution in [3.63, 3.8) is 0 Å². The van der Waals surface area contributed by atoms with Crippen LogP contribution < -0.4 is 10.5 Å². The van der Waals surface area contributed by atoms with E-state index in [2.05, 4.69) is 33.6 Å². The lowest BCUT2D eigenvalue weighted by molar-refractivity contribution is 0.304. The fraction of sp³-hybridized carbons (Fsp3) is 0.600. The second-order valence-corrected chi connectivity index (χ2v) is 8.98. The van der Waals surface area contributed by atoms with Crippen LogP contribution in [0, 0.1) is 0 Å². The van der Waals surface area contributed by atoms with Crippen LogP contribution in [0.15, 0.2) is 30.3 Å². The van der Waals surface area contributed by atoms with Crippen LogP contribution in [0.1, 0.15) is 49.9 Å². The topological polar surface area (TPSA) is 106 Å². The summed E-state index contributed by atoms with van der Waals surface area (Å²) < 4.78 is 29.9. The molecule has 9 heteroatoms. The molecule has 1 heterocycles. The zero-order chi connectivity index (χ0) is 21.3. The largest absolute Gasteiger partial charge is 0.324 e. The Morgan fingerprint density at radius 2 is 1.90 bits per heavy atom. The van der Waals surface area contributed by atoms with Gasteiger partial charge >= 0.3 is 0 Å². The van der Waals surface area contributed by atoms with Gasteiger partial charge in [-0.25, -0.2) is 18.1 Å². The smallest absolute Gasteiger partial charge is 0.212 e. The summed E-state index contributed by atoms with van der Waals surface area (Å²) in [6, 6.07) is 9.51. The minimum absolute atomic E-state index is 0.0852. The van der Waals surface area contributed by atoms with Crippen molar-refractivity contribution < 1.29 is 8.42 Å². The van der Waals surface area contributed by atoms with E-state index in [1.807, 2.05) is 30.3 Å². The number of benzene rings is 1. The molecule has 0 saturated carbocycles. The molecule has 1 aromatic carbocycles. The summed E-state index contributed by atoms with van der Waals surface area (Å²) in [6.45, 7) is 7.02. The first-order valence-electron chi connectivity index (χ1n) is 10.2. The summed E-state index contributed by atoms with van der Waals surface area (Å²) in [5.41, 5.74) is 6.86. The number of rotatable bonds is 13. The van der Waals surface area contributed by atoms with Gasteiger partial charge in [-0.1, -0.05) is 44.2 Å². The van der Waals surface area contributed by atoms with E-state index in [0.717, 1.165) is 31.6 Å². The zero-order valence-corrected chi connectivity index (χ0v) is 18.5. The number of nitrogens with two attached hydrogens (primary N) is 1. The van der Waals surface area contributed by atoms with E-state index >= 15 is 0 Å². The predicted octanol–water partition coefficient (Wildman–Crippen LogP) is 1.60. The monoisotopic (exact) mass is 422 g/mol. The maximum atomic E-state index is 12.7. The number of hydrogen-bond donors (Lipinski definition) is 2. The van der Waals surface area contributed by atoms with E-state index < -0.39 is 16.1 Å². The highest BCUT2D eigenvalue weighted by molar-refractivity contribution is 7.89. The van der Waals surface area contributed by atoms with E-state index in [1.165, 1.54) is 0 Å². The third-order valence-corrected chi connectivity index (χ3v) is 6.50. The molecule has 1 atom stereocenters. The molecule has 0 bridgehead atoms. The lowest BCUT2D eigenvalue weighted by Gasteiger charge is -2.19. The molecule has 0 aliphatic carbocycles. The third-order valence-electron chi connectivity index (χ3n) is 5.03. The van der Waals surface area contributed by atoms with Crippen LogP contribution in [0.2, 0.25) is 0 Å². The molecule has 8 nitrogen and oxygen atoms in total. The molecule has 0 spiro atoms. The summed E-state index contributed by atoms with van der Waals surface area (Å²) in [6.07, 6.45) is 1.89. The van der Waals surface area contributed by atoms with E-state index in [0.29, 0.717) is 24.5 Å². The first kappa shape index (κ1) is 23.5. The van der Waals surface area contributed by atoms with Gasteiger partial charge in [-0.05, 0) is 44.5 Å². The van der Waals surface area contributed by atoms with Gasteiger partial charge in [-0.2, -0.15) is 5.10 Å². The summed E-state index contributed by atoms with van der Waals surface area (Å²) in [5.74, 6) is 1.18. The molecule has 0 unspecified atom stereocenters. The Balaban J connectivity index is 2.09. The number of hydrogen-bond acceptors (Lipinski definition) is 6. The Labute approximate surface area is 174 Å². The van der Waals surface area contributed by atoms with Crippen molar-refractivity contribution in [3.8, 4) is 0 Å².